The number of hydrogen-bond donors (Lipinski definition) is 1. The molecule has 0 bridgehead atoms. The number of hydrogen-bond acceptors (Lipinski definition) is 5. The van der Waals surface area contributed by atoms with Gasteiger partial charge in [0.15, 0.2) is 0 Å². The van der Waals surface area contributed by atoms with Gasteiger partial charge in [-0.25, -0.2) is 0 Å². The number of amides is 2. The van der Waals surface area contributed by atoms with E-state index in [0.29, 0.717) is 12.3 Å². The van der Waals surface area contributed by atoms with Crippen LogP contribution in [0.3, 0.4) is 0 Å². The maximum atomic E-state index is 13.2. The Morgan fingerprint density at radius 1 is 1.03 bits per heavy atom. The van der Waals surface area contributed by atoms with Gasteiger partial charge in [-0.3, -0.25) is 19.5 Å². The van der Waals surface area contributed by atoms with E-state index < -0.39 is 11.9 Å². The zero-order valence-electron chi connectivity index (χ0n) is 17.1. The van der Waals surface area contributed by atoms with Gasteiger partial charge < -0.3 is 10.6 Å². The number of piperazine rings is 1. The molecule has 2 aromatic rings. The van der Waals surface area contributed by atoms with Gasteiger partial charge in [0.1, 0.15) is 11.8 Å². The fourth-order valence-corrected chi connectivity index (χ4v) is 4.17. The highest BCUT2D eigenvalue weighted by molar-refractivity contribution is 6.40. The van der Waals surface area contributed by atoms with Gasteiger partial charge in [-0.05, 0) is 24.6 Å². The van der Waals surface area contributed by atoms with Crippen LogP contribution in [0.4, 0.5) is 5.69 Å². The highest BCUT2D eigenvalue weighted by Gasteiger charge is 2.38. The largest absolute Gasteiger partial charge is 0.368 e. The number of carbonyl (C=O) groups is 2. The van der Waals surface area contributed by atoms with Crippen LogP contribution in [0.15, 0.2) is 65.8 Å². The number of carbonyl (C=O) groups excluding carboxylic acids is 2. The van der Waals surface area contributed by atoms with Crippen molar-refractivity contribution in [3.05, 3.63) is 66.2 Å². The number of primary amides is 1. The molecule has 30 heavy (non-hydrogen) atoms. The predicted molar refractivity (Wildman–Crippen MR) is 117 cm³/mol. The third-order valence-electron chi connectivity index (χ3n) is 5.73. The Morgan fingerprint density at radius 2 is 1.70 bits per heavy atom. The number of nitrogens with zero attached hydrogens (tertiary/aromatic N) is 4. The summed E-state index contributed by atoms with van der Waals surface area (Å²) in [5.41, 5.74) is 8.02. The second kappa shape index (κ2) is 8.67. The summed E-state index contributed by atoms with van der Waals surface area (Å²) in [5.74, 6) is -0.585. The first kappa shape index (κ1) is 20.1. The zero-order chi connectivity index (χ0) is 21.1. The van der Waals surface area contributed by atoms with E-state index in [9.17, 15) is 9.59 Å². The van der Waals surface area contributed by atoms with Gasteiger partial charge in [0.05, 0.1) is 5.69 Å². The second-order valence-electron chi connectivity index (χ2n) is 7.92. The molecule has 2 heterocycles. The minimum Gasteiger partial charge on any atom is -0.368 e. The molecule has 0 aliphatic carbocycles. The number of para-hydroxylation sites is 1. The van der Waals surface area contributed by atoms with E-state index in [1.54, 1.807) is 5.01 Å². The smallest absolute Gasteiger partial charge is 0.270 e. The Labute approximate surface area is 176 Å². The van der Waals surface area contributed by atoms with Gasteiger partial charge in [0.2, 0.25) is 5.91 Å². The first-order chi connectivity index (χ1) is 14.5. The van der Waals surface area contributed by atoms with Crippen molar-refractivity contribution >= 4 is 23.2 Å². The molecule has 2 aromatic carbocycles. The van der Waals surface area contributed by atoms with Crippen LogP contribution in [0.25, 0.3) is 0 Å². The monoisotopic (exact) mass is 405 g/mol. The van der Waals surface area contributed by atoms with Crippen molar-refractivity contribution in [2.75, 3.05) is 24.6 Å². The van der Waals surface area contributed by atoms with E-state index in [0.717, 1.165) is 25.3 Å². The van der Waals surface area contributed by atoms with Gasteiger partial charge in [0, 0.05) is 38.6 Å². The summed E-state index contributed by atoms with van der Waals surface area (Å²) in [7, 11) is 0. The Hall–Kier alpha value is -3.19. The highest BCUT2D eigenvalue weighted by atomic mass is 16.2. The van der Waals surface area contributed by atoms with Crippen molar-refractivity contribution in [3.63, 3.8) is 0 Å². The minimum atomic E-state index is -0.638. The third kappa shape index (κ3) is 4.21. The van der Waals surface area contributed by atoms with E-state index >= 15 is 0 Å². The van der Waals surface area contributed by atoms with Gasteiger partial charge in [-0.15, -0.1) is 0 Å². The van der Waals surface area contributed by atoms with Crippen molar-refractivity contribution in [1.82, 2.24) is 9.80 Å². The first-order valence-corrected chi connectivity index (χ1v) is 10.3. The fourth-order valence-electron chi connectivity index (χ4n) is 4.17. The van der Waals surface area contributed by atoms with E-state index in [2.05, 4.69) is 29.1 Å². The standard InChI is InChI=1S/C23H27N5O2/c1-17-15-26(16-18-8-4-2-5-9-18)12-13-27(17)23(30)20-14-21(22(24)29)28(25-20)19-10-6-3-7-11-19/h2-11,17,21H,12-16H2,1H3,(H2,24,29). The molecule has 2 aliphatic heterocycles. The molecule has 2 unspecified atom stereocenters. The average Bonchev–Trinajstić information content (AvgIpc) is 3.21. The van der Waals surface area contributed by atoms with Crippen LogP contribution in [-0.2, 0) is 16.1 Å². The Bertz CT molecular complexity index is 931. The maximum absolute atomic E-state index is 13.2. The van der Waals surface area contributed by atoms with E-state index in [1.165, 1.54) is 5.56 Å². The molecule has 1 saturated heterocycles. The SMILES string of the molecule is CC1CN(Cc2ccccc2)CCN1C(=O)C1=NN(c2ccccc2)C(C(N)=O)C1. The van der Waals surface area contributed by atoms with Gasteiger partial charge in [0.25, 0.3) is 5.91 Å². The third-order valence-corrected chi connectivity index (χ3v) is 5.73. The van der Waals surface area contributed by atoms with Crippen LogP contribution >= 0.6 is 0 Å². The lowest BCUT2D eigenvalue weighted by atomic mass is 10.1. The van der Waals surface area contributed by atoms with Crippen LogP contribution in [0.5, 0.6) is 0 Å². The second-order valence-corrected chi connectivity index (χ2v) is 7.92. The lowest BCUT2D eigenvalue weighted by Gasteiger charge is -2.39. The molecular weight excluding hydrogens is 378 g/mol. The number of nitrogens with two attached hydrogens (primary N) is 1. The summed E-state index contributed by atoms with van der Waals surface area (Å²) in [6, 6.07) is 19.1. The molecule has 156 valence electrons. The lowest BCUT2D eigenvalue weighted by molar-refractivity contribution is -0.128. The molecule has 2 atom stereocenters. The van der Waals surface area contributed by atoms with Crippen molar-refractivity contribution in [3.8, 4) is 0 Å². The molecule has 1 fully saturated rings. The van der Waals surface area contributed by atoms with Crippen LogP contribution in [0.2, 0.25) is 0 Å². The molecule has 0 aromatic heterocycles. The van der Waals surface area contributed by atoms with Gasteiger partial charge in [-0.2, -0.15) is 5.10 Å². The topological polar surface area (TPSA) is 82.2 Å². The van der Waals surface area contributed by atoms with Crippen LogP contribution in [-0.4, -0.2) is 59.0 Å². The number of anilines is 1. The molecular formula is C23H27N5O2. The van der Waals surface area contributed by atoms with Crippen molar-refractivity contribution in [2.45, 2.75) is 32.0 Å². The van der Waals surface area contributed by atoms with E-state index in [4.69, 9.17) is 5.73 Å². The van der Waals surface area contributed by atoms with Crippen LogP contribution < -0.4 is 10.7 Å². The zero-order valence-corrected chi connectivity index (χ0v) is 17.1. The Kier molecular flexibility index (Phi) is 5.81. The molecule has 7 nitrogen and oxygen atoms in total. The van der Waals surface area contributed by atoms with Gasteiger partial charge >= 0.3 is 0 Å². The number of benzene rings is 2. The molecule has 7 heteroatoms. The molecule has 2 amide bonds. The summed E-state index contributed by atoms with van der Waals surface area (Å²) in [4.78, 5) is 29.4. The summed E-state index contributed by atoms with van der Waals surface area (Å²) < 4.78 is 0. The number of hydrazone groups is 1. The van der Waals surface area contributed by atoms with E-state index in [1.807, 2.05) is 53.4 Å². The fraction of sp³-hybridized carbons (Fsp3) is 0.348. The van der Waals surface area contributed by atoms with Crippen molar-refractivity contribution in [2.24, 2.45) is 10.8 Å². The summed E-state index contributed by atoms with van der Waals surface area (Å²) in [6.07, 6.45) is 0.236. The molecule has 0 radical (unpaired) electrons. The Morgan fingerprint density at radius 3 is 2.33 bits per heavy atom. The summed E-state index contributed by atoms with van der Waals surface area (Å²) in [5, 5.41) is 6.08. The minimum absolute atomic E-state index is 0.0652. The first-order valence-electron chi connectivity index (χ1n) is 10.3. The van der Waals surface area contributed by atoms with E-state index in [-0.39, 0.29) is 18.4 Å². The van der Waals surface area contributed by atoms with Crippen LogP contribution in [0.1, 0.15) is 18.9 Å². The molecule has 0 spiro atoms. The molecule has 0 saturated carbocycles. The van der Waals surface area contributed by atoms with Crippen LogP contribution in [0, 0.1) is 0 Å². The van der Waals surface area contributed by atoms with Gasteiger partial charge in [-0.1, -0.05) is 48.5 Å². The average molecular weight is 406 g/mol. The summed E-state index contributed by atoms with van der Waals surface area (Å²) >= 11 is 0. The molecule has 2 N–H and O–H groups in total. The normalized spacial score (nSPS) is 22.1. The number of rotatable bonds is 5. The lowest BCUT2D eigenvalue weighted by Crippen LogP contribution is -2.55. The summed E-state index contributed by atoms with van der Waals surface area (Å²) in [6.45, 7) is 5.18. The molecule has 4 rings (SSSR count). The predicted octanol–water partition coefficient (Wildman–Crippen LogP) is 1.84. The highest BCUT2D eigenvalue weighted by Crippen LogP contribution is 2.25. The molecule has 2 aliphatic rings. The Balaban J connectivity index is 1.44. The quantitative estimate of drug-likeness (QED) is 0.823. The maximum Gasteiger partial charge on any atom is 0.270 e. The van der Waals surface area contributed by atoms with Crippen molar-refractivity contribution in [1.29, 1.82) is 0 Å². The van der Waals surface area contributed by atoms with Crippen molar-refractivity contribution < 1.29 is 9.59 Å².